The number of nitro benzene ring substituents is 1. The molecule has 1 heterocycles. The molecular weight excluding hydrogens is 467 g/mol. The second kappa shape index (κ2) is 12.8. The molecule has 1 atom stereocenters. The van der Waals surface area contributed by atoms with E-state index in [0.29, 0.717) is 17.0 Å². The van der Waals surface area contributed by atoms with Crippen LogP contribution in [0.1, 0.15) is 32.3 Å². The number of hydrogen-bond acceptors (Lipinski definition) is 10. The van der Waals surface area contributed by atoms with Crippen molar-refractivity contribution in [3.63, 3.8) is 0 Å². The summed E-state index contributed by atoms with van der Waals surface area (Å²) < 4.78 is 41.0. The standard InChI is InChI=1S/C22H31N2O9P/c1-6-31-22(25)19-15(2)23-16(3)21(20(19)17-8-7-9-18(14-17)24(26)27)34(28,32-12-10-29-4)33-13-11-30-5/h7-9,14,20,23H,6,10-13H2,1-5H3. The average molecular weight is 498 g/mol. The number of benzene rings is 1. The molecule has 0 aromatic heterocycles. The molecule has 34 heavy (non-hydrogen) atoms. The van der Waals surface area contributed by atoms with Crippen molar-refractivity contribution in [2.75, 3.05) is 47.3 Å². The van der Waals surface area contributed by atoms with E-state index in [1.54, 1.807) is 26.8 Å². The Bertz CT molecular complexity index is 992. The van der Waals surface area contributed by atoms with Crippen LogP contribution in [0.4, 0.5) is 5.69 Å². The minimum Gasteiger partial charge on any atom is -0.463 e. The highest BCUT2D eigenvalue weighted by atomic mass is 31.2. The monoisotopic (exact) mass is 498 g/mol. The van der Waals surface area contributed by atoms with Crippen molar-refractivity contribution in [3.05, 3.63) is 62.2 Å². The van der Waals surface area contributed by atoms with Crippen molar-refractivity contribution >= 4 is 19.3 Å². The summed E-state index contributed by atoms with van der Waals surface area (Å²) in [6, 6.07) is 5.80. The van der Waals surface area contributed by atoms with Gasteiger partial charge in [-0.3, -0.25) is 14.7 Å². The zero-order chi connectivity index (χ0) is 25.3. The molecule has 0 spiro atoms. The lowest BCUT2D eigenvalue weighted by atomic mass is 9.86. The number of esters is 1. The molecule has 0 saturated heterocycles. The number of hydrogen-bond donors (Lipinski definition) is 1. The third-order valence-corrected chi connectivity index (χ3v) is 7.26. The molecule has 188 valence electrons. The number of rotatable bonds is 13. The lowest BCUT2D eigenvalue weighted by Crippen LogP contribution is -2.30. The second-order valence-electron chi connectivity index (χ2n) is 7.33. The van der Waals surface area contributed by atoms with Gasteiger partial charge in [0, 0.05) is 37.7 Å². The highest BCUT2D eigenvalue weighted by molar-refractivity contribution is 7.58. The zero-order valence-electron chi connectivity index (χ0n) is 20.0. The molecule has 2 rings (SSSR count). The topological polar surface area (TPSA) is 135 Å². The Morgan fingerprint density at radius 2 is 1.71 bits per heavy atom. The maximum absolute atomic E-state index is 14.2. The van der Waals surface area contributed by atoms with Gasteiger partial charge in [0.1, 0.15) is 0 Å². The number of dihydropyridines is 1. The van der Waals surface area contributed by atoms with E-state index < -0.39 is 24.4 Å². The Balaban J connectivity index is 2.72. The van der Waals surface area contributed by atoms with Crippen LogP contribution in [0.5, 0.6) is 0 Å². The van der Waals surface area contributed by atoms with Gasteiger partial charge in [0.2, 0.25) is 0 Å². The van der Waals surface area contributed by atoms with Crippen LogP contribution in [0.15, 0.2) is 46.5 Å². The van der Waals surface area contributed by atoms with Gasteiger partial charge in [-0.15, -0.1) is 0 Å². The van der Waals surface area contributed by atoms with Crippen LogP contribution in [0.25, 0.3) is 0 Å². The lowest BCUT2D eigenvalue weighted by Gasteiger charge is -2.34. The molecule has 12 heteroatoms. The normalized spacial score (nSPS) is 16.4. The number of non-ortho nitro benzene ring substituents is 1. The number of carbonyl (C=O) groups is 1. The number of methoxy groups -OCH3 is 2. The number of nitrogens with zero attached hydrogens (tertiary/aromatic N) is 1. The molecule has 1 aliphatic heterocycles. The van der Waals surface area contributed by atoms with E-state index in [1.807, 2.05) is 0 Å². The largest absolute Gasteiger partial charge is 0.463 e. The quantitative estimate of drug-likeness (QED) is 0.140. The predicted molar refractivity (Wildman–Crippen MR) is 124 cm³/mol. The fourth-order valence-electron chi connectivity index (χ4n) is 3.63. The average Bonchev–Trinajstić information content (AvgIpc) is 2.79. The Labute approximate surface area is 198 Å². The van der Waals surface area contributed by atoms with Crippen molar-refractivity contribution in [1.82, 2.24) is 5.32 Å². The summed E-state index contributed by atoms with van der Waals surface area (Å²) in [4.78, 5) is 23.9. The number of nitro groups is 1. The number of carbonyl (C=O) groups excluding carboxylic acids is 1. The first kappa shape index (κ1) is 27.7. The van der Waals surface area contributed by atoms with Gasteiger partial charge in [-0.05, 0) is 26.3 Å². The van der Waals surface area contributed by atoms with Crippen molar-refractivity contribution in [1.29, 1.82) is 0 Å². The van der Waals surface area contributed by atoms with Crippen molar-refractivity contribution in [2.24, 2.45) is 0 Å². The van der Waals surface area contributed by atoms with E-state index in [0.717, 1.165) is 0 Å². The predicted octanol–water partition coefficient (Wildman–Crippen LogP) is 3.87. The first-order valence-electron chi connectivity index (χ1n) is 10.7. The number of nitrogens with one attached hydrogen (secondary N) is 1. The summed E-state index contributed by atoms with van der Waals surface area (Å²) in [5, 5.41) is 14.7. The van der Waals surface area contributed by atoms with E-state index in [4.69, 9.17) is 23.3 Å². The van der Waals surface area contributed by atoms with Crippen LogP contribution in [0.2, 0.25) is 0 Å². The van der Waals surface area contributed by atoms with Crippen LogP contribution in [0, 0.1) is 10.1 Å². The Hall–Kier alpha value is -2.56. The molecule has 0 amide bonds. The first-order valence-corrected chi connectivity index (χ1v) is 12.2. The molecule has 1 N–H and O–H groups in total. The molecule has 0 aliphatic carbocycles. The third-order valence-electron chi connectivity index (χ3n) is 5.03. The fourth-order valence-corrected chi connectivity index (χ4v) is 5.67. The highest BCUT2D eigenvalue weighted by Gasteiger charge is 2.45. The SMILES string of the molecule is CCOC(=O)C1=C(C)NC(C)=C(P(=O)(OCCOC)OCCOC)C1c1cccc([N+](=O)[O-])c1. The van der Waals surface area contributed by atoms with Crippen LogP contribution < -0.4 is 5.32 Å². The molecule has 0 fully saturated rings. The van der Waals surface area contributed by atoms with Crippen LogP contribution in [-0.4, -0.2) is 58.1 Å². The van der Waals surface area contributed by atoms with Crippen molar-refractivity contribution in [3.8, 4) is 0 Å². The summed E-state index contributed by atoms with van der Waals surface area (Å²) in [7, 11) is -1.10. The minimum atomic E-state index is -4.05. The number of allylic oxidation sites excluding steroid dienone is 3. The zero-order valence-corrected chi connectivity index (χ0v) is 20.9. The van der Waals surface area contributed by atoms with Gasteiger partial charge in [0.15, 0.2) is 0 Å². The van der Waals surface area contributed by atoms with Crippen LogP contribution in [0.3, 0.4) is 0 Å². The summed E-state index contributed by atoms with van der Waals surface area (Å²) in [5.41, 5.74) is 1.27. The van der Waals surface area contributed by atoms with Gasteiger partial charge in [0.05, 0.1) is 54.8 Å². The Morgan fingerprint density at radius 1 is 1.09 bits per heavy atom. The maximum atomic E-state index is 14.2. The molecule has 0 radical (unpaired) electrons. The number of ether oxygens (including phenoxy) is 3. The summed E-state index contributed by atoms with van der Waals surface area (Å²) in [6.07, 6.45) is 0. The minimum absolute atomic E-state index is 0.0450. The van der Waals surface area contributed by atoms with Gasteiger partial charge in [0.25, 0.3) is 5.69 Å². The van der Waals surface area contributed by atoms with Crippen LogP contribution >= 0.6 is 7.60 Å². The van der Waals surface area contributed by atoms with Gasteiger partial charge in [-0.25, -0.2) is 4.79 Å². The molecular formula is C22H31N2O9P. The summed E-state index contributed by atoms with van der Waals surface area (Å²) in [5.74, 6) is -1.62. The maximum Gasteiger partial charge on any atom is 0.360 e. The van der Waals surface area contributed by atoms with Gasteiger partial charge >= 0.3 is 13.6 Å². The smallest absolute Gasteiger partial charge is 0.360 e. The lowest BCUT2D eigenvalue weighted by molar-refractivity contribution is -0.384. The third kappa shape index (κ3) is 6.52. The molecule has 11 nitrogen and oxygen atoms in total. The molecule has 1 aliphatic rings. The van der Waals surface area contributed by atoms with E-state index in [2.05, 4.69) is 5.32 Å². The summed E-state index contributed by atoms with van der Waals surface area (Å²) in [6.45, 7) is 5.35. The molecule has 1 aromatic rings. The molecule has 1 aromatic carbocycles. The van der Waals surface area contributed by atoms with E-state index in [9.17, 15) is 19.5 Å². The Morgan fingerprint density at radius 3 is 2.24 bits per heavy atom. The molecule has 1 unspecified atom stereocenters. The second-order valence-corrected chi connectivity index (χ2v) is 9.32. The van der Waals surface area contributed by atoms with Crippen molar-refractivity contribution < 1.29 is 37.5 Å². The highest BCUT2D eigenvalue weighted by Crippen LogP contribution is 2.64. The fraction of sp³-hybridized carbons (Fsp3) is 0.500. The van der Waals surface area contributed by atoms with E-state index in [-0.39, 0.29) is 49.6 Å². The van der Waals surface area contributed by atoms with E-state index >= 15 is 0 Å². The van der Waals surface area contributed by atoms with Gasteiger partial charge in [-0.2, -0.15) is 0 Å². The van der Waals surface area contributed by atoms with E-state index in [1.165, 1.54) is 32.4 Å². The Kier molecular flexibility index (Phi) is 10.4. The van der Waals surface area contributed by atoms with Gasteiger partial charge in [-0.1, -0.05) is 12.1 Å². The summed E-state index contributed by atoms with van der Waals surface area (Å²) >= 11 is 0. The van der Waals surface area contributed by atoms with Crippen molar-refractivity contribution in [2.45, 2.75) is 26.7 Å². The molecule has 0 bridgehead atoms. The molecule has 0 saturated carbocycles. The first-order chi connectivity index (χ1) is 16.2. The van der Waals surface area contributed by atoms with Crippen LogP contribution in [-0.2, 0) is 32.6 Å². The van der Waals surface area contributed by atoms with Gasteiger partial charge < -0.3 is 28.6 Å².